The van der Waals surface area contributed by atoms with E-state index in [-0.39, 0.29) is 23.7 Å². The Morgan fingerprint density at radius 2 is 2.00 bits per heavy atom. The van der Waals surface area contributed by atoms with E-state index in [1.165, 1.54) is 21.1 Å². The highest BCUT2D eigenvalue weighted by Crippen LogP contribution is 2.20. The molecule has 3 aromatic rings. The van der Waals surface area contributed by atoms with Crippen LogP contribution in [-0.2, 0) is 22.6 Å². The number of H-pyrrole nitrogens is 1. The maximum absolute atomic E-state index is 13.0. The SMILES string of the molecule is CC(C)Cc1cccc2[nH]c(Cn3cccc(NC(=O)C(N)CCC=CC(=O)N(C)C)c3=O)nc12. The number of nitrogens with zero attached hydrogens (tertiary/aromatic N) is 3. The Bertz CT molecular complexity index is 1270. The van der Waals surface area contributed by atoms with Gasteiger partial charge in [-0.15, -0.1) is 0 Å². The summed E-state index contributed by atoms with van der Waals surface area (Å²) in [6.07, 6.45) is 6.53. The minimum absolute atomic E-state index is 0.131. The van der Waals surface area contributed by atoms with Crippen LogP contribution in [0.3, 0.4) is 0 Å². The summed E-state index contributed by atoms with van der Waals surface area (Å²) in [5, 5.41) is 2.63. The highest BCUT2D eigenvalue weighted by atomic mass is 16.2. The number of para-hydroxylation sites is 1. The molecule has 0 aliphatic rings. The number of carbonyl (C=O) groups is 2. The van der Waals surface area contributed by atoms with Crippen LogP contribution in [-0.4, -0.2) is 51.4 Å². The molecule has 4 N–H and O–H groups in total. The minimum atomic E-state index is -0.808. The molecular formula is C26H34N6O3. The van der Waals surface area contributed by atoms with Crippen LogP contribution in [0.15, 0.2) is 53.5 Å². The van der Waals surface area contributed by atoms with Gasteiger partial charge in [0.05, 0.1) is 23.6 Å². The highest BCUT2D eigenvalue weighted by Gasteiger charge is 2.16. The molecule has 0 saturated carbocycles. The Morgan fingerprint density at radius 3 is 2.71 bits per heavy atom. The van der Waals surface area contributed by atoms with E-state index in [9.17, 15) is 14.4 Å². The van der Waals surface area contributed by atoms with Crippen molar-refractivity contribution in [2.24, 2.45) is 11.7 Å². The molecule has 1 aromatic carbocycles. The maximum Gasteiger partial charge on any atom is 0.274 e. The van der Waals surface area contributed by atoms with Gasteiger partial charge in [-0.1, -0.05) is 32.1 Å². The van der Waals surface area contributed by atoms with Gasteiger partial charge in [0, 0.05) is 20.3 Å². The van der Waals surface area contributed by atoms with Crippen molar-refractivity contribution in [1.82, 2.24) is 19.4 Å². The molecule has 0 bridgehead atoms. The van der Waals surface area contributed by atoms with Crippen molar-refractivity contribution in [1.29, 1.82) is 0 Å². The first-order chi connectivity index (χ1) is 16.7. The van der Waals surface area contributed by atoms with E-state index >= 15 is 0 Å². The molecule has 186 valence electrons. The average Bonchev–Trinajstić information content (AvgIpc) is 3.22. The number of amides is 2. The van der Waals surface area contributed by atoms with Crippen LogP contribution in [0, 0.1) is 5.92 Å². The number of nitrogens with two attached hydrogens (primary N) is 1. The number of likely N-dealkylation sites (N-methyl/N-ethyl adjacent to an activating group) is 1. The summed E-state index contributed by atoms with van der Waals surface area (Å²) < 4.78 is 1.50. The Balaban J connectivity index is 1.67. The van der Waals surface area contributed by atoms with E-state index in [1.807, 2.05) is 12.1 Å². The van der Waals surface area contributed by atoms with Crippen LogP contribution in [0.1, 0.15) is 38.1 Å². The van der Waals surface area contributed by atoms with E-state index in [0.717, 1.165) is 17.5 Å². The normalized spacial score (nSPS) is 12.4. The zero-order valence-corrected chi connectivity index (χ0v) is 20.7. The molecule has 2 heterocycles. The third-order valence-corrected chi connectivity index (χ3v) is 5.55. The number of benzene rings is 1. The molecule has 1 atom stereocenters. The lowest BCUT2D eigenvalue weighted by atomic mass is 10.0. The molecule has 9 heteroatoms. The minimum Gasteiger partial charge on any atom is -0.345 e. The molecule has 0 aliphatic heterocycles. The largest absolute Gasteiger partial charge is 0.345 e. The van der Waals surface area contributed by atoms with Crippen LogP contribution in [0.4, 0.5) is 5.69 Å². The number of aromatic nitrogens is 3. The van der Waals surface area contributed by atoms with Crippen LogP contribution in [0.5, 0.6) is 0 Å². The Kier molecular flexibility index (Phi) is 8.59. The number of carbonyl (C=O) groups excluding carboxylic acids is 2. The Labute approximate surface area is 205 Å². The molecule has 0 saturated heterocycles. The van der Waals surface area contributed by atoms with Crippen molar-refractivity contribution < 1.29 is 9.59 Å². The number of allylic oxidation sites excluding steroid dienone is 1. The number of nitrogens with one attached hydrogen (secondary N) is 2. The molecule has 9 nitrogen and oxygen atoms in total. The summed E-state index contributed by atoms with van der Waals surface area (Å²) in [5.41, 5.74) is 8.82. The topological polar surface area (TPSA) is 126 Å². The average molecular weight is 479 g/mol. The van der Waals surface area contributed by atoms with Gasteiger partial charge >= 0.3 is 0 Å². The molecule has 0 fully saturated rings. The third-order valence-electron chi connectivity index (χ3n) is 5.55. The Morgan fingerprint density at radius 1 is 1.23 bits per heavy atom. The fraction of sp³-hybridized carbons (Fsp3) is 0.385. The van der Waals surface area contributed by atoms with Gasteiger partial charge in [-0.3, -0.25) is 14.4 Å². The fourth-order valence-corrected chi connectivity index (χ4v) is 3.71. The quantitative estimate of drug-likeness (QED) is 0.386. The van der Waals surface area contributed by atoms with Gasteiger partial charge in [-0.25, -0.2) is 4.98 Å². The monoisotopic (exact) mass is 478 g/mol. The lowest BCUT2D eigenvalue weighted by Crippen LogP contribution is -2.37. The van der Waals surface area contributed by atoms with E-state index in [1.54, 1.807) is 38.5 Å². The maximum atomic E-state index is 13.0. The Hall–Kier alpha value is -3.72. The molecule has 1 unspecified atom stereocenters. The summed E-state index contributed by atoms with van der Waals surface area (Å²) in [5.74, 6) is 0.590. The smallest absolute Gasteiger partial charge is 0.274 e. The molecule has 2 amide bonds. The van der Waals surface area contributed by atoms with Gasteiger partial charge < -0.3 is 25.5 Å². The predicted molar refractivity (Wildman–Crippen MR) is 138 cm³/mol. The number of hydrogen-bond donors (Lipinski definition) is 3. The molecule has 0 aliphatic carbocycles. The lowest BCUT2D eigenvalue weighted by molar-refractivity contribution is -0.123. The zero-order valence-electron chi connectivity index (χ0n) is 20.7. The first kappa shape index (κ1) is 25.9. The number of aromatic amines is 1. The fourth-order valence-electron chi connectivity index (χ4n) is 3.71. The molecule has 2 aromatic heterocycles. The van der Waals surface area contributed by atoms with Crippen molar-refractivity contribution in [3.63, 3.8) is 0 Å². The molecule has 3 rings (SSSR count). The molecule has 35 heavy (non-hydrogen) atoms. The number of anilines is 1. The summed E-state index contributed by atoms with van der Waals surface area (Å²) in [7, 11) is 3.33. The van der Waals surface area contributed by atoms with Gasteiger partial charge in [0.2, 0.25) is 11.8 Å². The zero-order chi connectivity index (χ0) is 25.5. The highest BCUT2D eigenvalue weighted by molar-refractivity contribution is 5.94. The van der Waals surface area contributed by atoms with Crippen LogP contribution in [0.2, 0.25) is 0 Å². The predicted octanol–water partition coefficient (Wildman–Crippen LogP) is 2.66. The number of fused-ring (bicyclic) bond motifs is 1. The number of rotatable bonds is 10. The second kappa shape index (κ2) is 11.6. The van der Waals surface area contributed by atoms with E-state index in [2.05, 4.69) is 30.2 Å². The summed E-state index contributed by atoms with van der Waals surface area (Å²) >= 11 is 0. The van der Waals surface area contributed by atoms with E-state index in [0.29, 0.717) is 24.6 Å². The van der Waals surface area contributed by atoms with Crippen molar-refractivity contribution in [2.45, 2.75) is 45.7 Å². The van der Waals surface area contributed by atoms with E-state index < -0.39 is 11.9 Å². The summed E-state index contributed by atoms with van der Waals surface area (Å²) in [6, 6.07) is 8.50. The van der Waals surface area contributed by atoms with Gasteiger partial charge in [-0.2, -0.15) is 0 Å². The number of hydrogen-bond acceptors (Lipinski definition) is 5. The first-order valence-corrected chi connectivity index (χ1v) is 11.8. The second-order valence-electron chi connectivity index (χ2n) is 9.26. The van der Waals surface area contributed by atoms with Crippen molar-refractivity contribution in [3.05, 3.63) is 70.4 Å². The molecule has 0 spiro atoms. The summed E-state index contributed by atoms with van der Waals surface area (Å²) in [6.45, 7) is 4.58. The lowest BCUT2D eigenvalue weighted by Gasteiger charge is -2.12. The van der Waals surface area contributed by atoms with Gasteiger partial charge in [0.1, 0.15) is 11.5 Å². The van der Waals surface area contributed by atoms with E-state index in [4.69, 9.17) is 10.7 Å². The van der Waals surface area contributed by atoms with Crippen LogP contribution < -0.4 is 16.6 Å². The number of pyridine rings is 1. The summed E-state index contributed by atoms with van der Waals surface area (Å²) in [4.78, 5) is 46.5. The molecular weight excluding hydrogens is 444 g/mol. The number of imidazole rings is 1. The second-order valence-corrected chi connectivity index (χ2v) is 9.26. The van der Waals surface area contributed by atoms with Gasteiger partial charge in [0.25, 0.3) is 5.56 Å². The van der Waals surface area contributed by atoms with Gasteiger partial charge in [-0.05, 0) is 55.0 Å². The third kappa shape index (κ3) is 6.89. The van der Waals surface area contributed by atoms with Gasteiger partial charge in [0.15, 0.2) is 0 Å². The van der Waals surface area contributed by atoms with Crippen molar-refractivity contribution in [2.75, 3.05) is 19.4 Å². The first-order valence-electron chi connectivity index (χ1n) is 11.8. The standard InChI is InChI=1S/C26H34N6O3/c1-17(2)15-18-9-7-11-20-24(18)30-22(28-20)16-32-14-8-12-21(26(32)35)29-25(34)19(27)10-5-6-13-23(33)31(3)4/h6-9,11-14,17,19H,5,10,15-16,27H2,1-4H3,(H,28,30)(H,29,34). The van der Waals surface area contributed by atoms with Crippen molar-refractivity contribution >= 4 is 28.5 Å². The van der Waals surface area contributed by atoms with Crippen LogP contribution >= 0.6 is 0 Å². The van der Waals surface area contributed by atoms with Crippen LogP contribution in [0.25, 0.3) is 11.0 Å². The molecule has 0 radical (unpaired) electrons. The van der Waals surface area contributed by atoms with Crippen molar-refractivity contribution in [3.8, 4) is 0 Å².